The van der Waals surface area contributed by atoms with Crippen LogP contribution in [-0.4, -0.2) is 47.1 Å². The van der Waals surface area contributed by atoms with Crippen molar-refractivity contribution in [3.8, 4) is 21.8 Å². The maximum atomic E-state index is 12.5. The summed E-state index contributed by atoms with van der Waals surface area (Å²) < 4.78 is 0. The lowest BCUT2D eigenvalue weighted by atomic mass is 10.2. The number of benzene rings is 1. The number of amides is 2. The van der Waals surface area contributed by atoms with Gasteiger partial charge in [-0.2, -0.15) is 0 Å². The lowest BCUT2D eigenvalue weighted by molar-refractivity contribution is 0.204. The first kappa shape index (κ1) is 19.3. The quantitative estimate of drug-likeness (QED) is 0.701. The summed E-state index contributed by atoms with van der Waals surface area (Å²) in [6, 6.07) is 11.9. The Labute approximate surface area is 168 Å². The number of anilines is 1. The average molecular weight is 402 g/mol. The molecule has 27 heavy (non-hydrogen) atoms. The fourth-order valence-corrected chi connectivity index (χ4v) is 3.75. The molecule has 0 spiro atoms. The molecule has 0 radical (unpaired) electrons. The summed E-state index contributed by atoms with van der Waals surface area (Å²) in [5.41, 5.74) is 3.58. The van der Waals surface area contributed by atoms with E-state index in [0.29, 0.717) is 18.8 Å². The fourth-order valence-electron chi connectivity index (χ4n) is 2.88. The summed E-state index contributed by atoms with van der Waals surface area (Å²) in [5, 5.41) is 9.14. The topological polar surface area (TPSA) is 70.2 Å². The molecule has 0 atom stereocenters. The first-order valence-electron chi connectivity index (χ1n) is 8.53. The van der Waals surface area contributed by atoms with Crippen molar-refractivity contribution in [1.82, 2.24) is 20.2 Å². The van der Waals surface area contributed by atoms with Crippen molar-refractivity contribution < 1.29 is 4.79 Å². The van der Waals surface area contributed by atoms with E-state index in [2.05, 4.69) is 15.6 Å². The first-order valence-corrected chi connectivity index (χ1v) is 9.41. The van der Waals surface area contributed by atoms with Crippen molar-refractivity contribution in [1.29, 1.82) is 0 Å². The number of hydrogen-bond donors (Lipinski definition) is 2. The third-order valence-corrected chi connectivity index (χ3v) is 5.15. The number of thiazole rings is 1. The Morgan fingerprint density at radius 1 is 1.15 bits per heavy atom. The Balaban J connectivity index is 0.00000210. The third-order valence-electron chi connectivity index (χ3n) is 4.27. The van der Waals surface area contributed by atoms with Gasteiger partial charge in [-0.05, 0) is 6.07 Å². The molecule has 6 nitrogen and oxygen atoms in total. The van der Waals surface area contributed by atoms with Crippen LogP contribution < -0.4 is 10.6 Å². The molecular weight excluding hydrogens is 382 g/mol. The molecule has 2 aromatic heterocycles. The monoisotopic (exact) mass is 401 g/mol. The van der Waals surface area contributed by atoms with Gasteiger partial charge in [0.15, 0.2) is 0 Å². The van der Waals surface area contributed by atoms with Crippen LogP contribution in [0.4, 0.5) is 10.5 Å². The number of nitrogens with zero attached hydrogens (tertiary/aromatic N) is 3. The molecule has 2 N–H and O–H groups in total. The molecule has 0 saturated carbocycles. The van der Waals surface area contributed by atoms with Crippen molar-refractivity contribution in [3.63, 3.8) is 0 Å². The van der Waals surface area contributed by atoms with Crippen LogP contribution in [-0.2, 0) is 0 Å². The van der Waals surface area contributed by atoms with Gasteiger partial charge in [0.25, 0.3) is 0 Å². The Morgan fingerprint density at radius 2 is 1.93 bits per heavy atom. The van der Waals surface area contributed by atoms with Crippen molar-refractivity contribution in [2.45, 2.75) is 0 Å². The lowest BCUT2D eigenvalue weighted by Gasteiger charge is -2.27. The number of piperazine rings is 1. The van der Waals surface area contributed by atoms with Gasteiger partial charge in [-0.25, -0.2) is 9.78 Å². The third kappa shape index (κ3) is 4.44. The summed E-state index contributed by atoms with van der Waals surface area (Å²) in [6.07, 6.45) is 3.40. The predicted molar refractivity (Wildman–Crippen MR) is 111 cm³/mol. The molecule has 1 saturated heterocycles. The number of pyridine rings is 1. The highest BCUT2D eigenvalue weighted by Crippen LogP contribution is 2.33. The molecule has 0 unspecified atom stereocenters. The number of carbonyl (C=O) groups is 1. The van der Waals surface area contributed by atoms with Gasteiger partial charge in [-0.15, -0.1) is 23.7 Å². The zero-order valence-electron chi connectivity index (χ0n) is 14.6. The highest BCUT2D eigenvalue weighted by molar-refractivity contribution is 7.13. The number of carbonyl (C=O) groups excluding carboxylic acids is 1. The van der Waals surface area contributed by atoms with Crippen LogP contribution in [0.5, 0.6) is 0 Å². The second-order valence-electron chi connectivity index (χ2n) is 5.99. The summed E-state index contributed by atoms with van der Waals surface area (Å²) in [7, 11) is 0. The van der Waals surface area contributed by atoms with E-state index in [1.165, 1.54) is 0 Å². The summed E-state index contributed by atoms with van der Waals surface area (Å²) in [4.78, 5) is 23.2. The summed E-state index contributed by atoms with van der Waals surface area (Å²) >= 11 is 1.56. The van der Waals surface area contributed by atoms with Gasteiger partial charge in [0.05, 0.1) is 17.6 Å². The average Bonchev–Trinajstić information content (AvgIpc) is 3.20. The minimum absolute atomic E-state index is 0. The second kappa shape index (κ2) is 8.94. The van der Waals surface area contributed by atoms with Gasteiger partial charge in [0, 0.05) is 48.9 Å². The normalized spacial score (nSPS) is 13.7. The summed E-state index contributed by atoms with van der Waals surface area (Å²) in [6.45, 7) is 3.05. The Hall–Kier alpha value is -2.48. The molecule has 0 bridgehead atoms. The smallest absolute Gasteiger partial charge is 0.321 e. The largest absolute Gasteiger partial charge is 0.322 e. The van der Waals surface area contributed by atoms with Gasteiger partial charge in [0.1, 0.15) is 5.01 Å². The van der Waals surface area contributed by atoms with E-state index in [-0.39, 0.29) is 18.4 Å². The molecular formula is C19H20ClN5OS. The Kier molecular flexibility index (Phi) is 6.39. The SMILES string of the molecule is Cl.O=C(Nc1cnccc1-c1nc(-c2ccccc2)cs1)N1CCNCC1. The molecule has 2 amide bonds. The predicted octanol–water partition coefficient (Wildman–Crippen LogP) is 3.73. The molecule has 4 rings (SSSR count). The minimum Gasteiger partial charge on any atom is -0.322 e. The van der Waals surface area contributed by atoms with E-state index >= 15 is 0 Å². The van der Waals surface area contributed by atoms with Crippen LogP contribution in [0, 0.1) is 0 Å². The minimum atomic E-state index is -0.0967. The summed E-state index contributed by atoms with van der Waals surface area (Å²) in [5.74, 6) is 0. The standard InChI is InChI=1S/C19H19N5OS.ClH/c25-19(24-10-8-20-9-11-24)23-16-12-21-7-6-15(16)18-22-17(13-26-18)14-4-2-1-3-5-14;/h1-7,12-13,20H,8-11H2,(H,23,25);1H. The molecule has 3 heterocycles. The van der Waals surface area contributed by atoms with Gasteiger partial charge in [0.2, 0.25) is 0 Å². The molecule has 1 aliphatic rings. The van der Waals surface area contributed by atoms with E-state index in [1.54, 1.807) is 23.7 Å². The molecule has 1 fully saturated rings. The van der Waals surface area contributed by atoms with Crippen molar-refractivity contribution in [3.05, 3.63) is 54.2 Å². The number of hydrogen-bond acceptors (Lipinski definition) is 5. The van der Waals surface area contributed by atoms with Crippen LogP contribution in [0.1, 0.15) is 0 Å². The van der Waals surface area contributed by atoms with Crippen LogP contribution >= 0.6 is 23.7 Å². The van der Waals surface area contributed by atoms with E-state index in [1.807, 2.05) is 46.7 Å². The molecule has 140 valence electrons. The number of urea groups is 1. The van der Waals surface area contributed by atoms with E-state index in [4.69, 9.17) is 4.98 Å². The Bertz CT molecular complexity index is 896. The van der Waals surface area contributed by atoms with E-state index in [0.717, 1.165) is 34.9 Å². The highest BCUT2D eigenvalue weighted by atomic mass is 35.5. The van der Waals surface area contributed by atoms with Gasteiger partial charge < -0.3 is 15.5 Å². The molecule has 8 heteroatoms. The molecule has 0 aliphatic carbocycles. The number of rotatable bonds is 3. The van der Waals surface area contributed by atoms with Gasteiger partial charge in [-0.3, -0.25) is 4.98 Å². The van der Waals surface area contributed by atoms with Crippen molar-refractivity contribution >= 4 is 35.5 Å². The molecule has 1 aliphatic heterocycles. The van der Waals surface area contributed by atoms with Crippen LogP contribution in [0.25, 0.3) is 21.8 Å². The fraction of sp³-hybridized carbons (Fsp3) is 0.211. The molecule has 1 aromatic carbocycles. The second-order valence-corrected chi connectivity index (χ2v) is 6.85. The molecule has 3 aromatic rings. The van der Waals surface area contributed by atoms with Crippen molar-refractivity contribution in [2.75, 3.05) is 31.5 Å². The number of halogens is 1. The lowest BCUT2D eigenvalue weighted by Crippen LogP contribution is -2.48. The van der Waals surface area contributed by atoms with E-state index in [9.17, 15) is 4.79 Å². The zero-order chi connectivity index (χ0) is 17.8. The highest BCUT2D eigenvalue weighted by Gasteiger charge is 2.18. The van der Waals surface area contributed by atoms with Crippen LogP contribution in [0.3, 0.4) is 0 Å². The van der Waals surface area contributed by atoms with Crippen LogP contribution in [0.2, 0.25) is 0 Å². The zero-order valence-corrected chi connectivity index (χ0v) is 16.2. The Morgan fingerprint density at radius 3 is 2.70 bits per heavy atom. The number of aromatic nitrogens is 2. The van der Waals surface area contributed by atoms with Crippen LogP contribution in [0.15, 0.2) is 54.2 Å². The van der Waals surface area contributed by atoms with Gasteiger partial charge in [-0.1, -0.05) is 30.3 Å². The van der Waals surface area contributed by atoms with E-state index < -0.39 is 0 Å². The van der Waals surface area contributed by atoms with Crippen molar-refractivity contribution in [2.24, 2.45) is 0 Å². The number of nitrogens with one attached hydrogen (secondary N) is 2. The maximum Gasteiger partial charge on any atom is 0.321 e. The maximum absolute atomic E-state index is 12.5. The van der Waals surface area contributed by atoms with Gasteiger partial charge >= 0.3 is 6.03 Å². The first-order chi connectivity index (χ1) is 12.8.